The van der Waals surface area contributed by atoms with Crippen molar-refractivity contribution in [3.05, 3.63) is 34.9 Å². The number of ether oxygens (including phenoxy) is 1. The Kier molecular flexibility index (Phi) is 3.27. The summed E-state index contributed by atoms with van der Waals surface area (Å²) in [6.07, 6.45) is 2.84. The first kappa shape index (κ1) is 11.8. The second-order valence-corrected chi connectivity index (χ2v) is 4.39. The van der Waals surface area contributed by atoms with Gasteiger partial charge in [0.1, 0.15) is 6.10 Å². The second-order valence-electron chi connectivity index (χ2n) is 4.39. The van der Waals surface area contributed by atoms with Crippen LogP contribution in [0.25, 0.3) is 0 Å². The van der Waals surface area contributed by atoms with Crippen LogP contribution in [0.1, 0.15) is 65.5 Å². The second kappa shape index (κ2) is 4.70. The molecule has 0 N–H and O–H groups in total. The van der Waals surface area contributed by atoms with Crippen LogP contribution in [-0.4, -0.2) is 11.8 Å². The topological polar surface area (TPSA) is 43.4 Å². The molecule has 3 nitrogen and oxygen atoms in total. The zero-order valence-electron chi connectivity index (χ0n) is 10.2. The van der Waals surface area contributed by atoms with Crippen LogP contribution in [0.5, 0.6) is 0 Å². The Bertz CT molecular complexity index is 463. The van der Waals surface area contributed by atoms with Crippen molar-refractivity contribution in [2.45, 2.75) is 39.2 Å². The normalized spacial score (nSPS) is 17.8. The number of hydrogen-bond acceptors (Lipinski definition) is 3. The molecule has 1 aromatic carbocycles. The average molecular weight is 232 g/mol. The maximum absolute atomic E-state index is 11.7. The summed E-state index contributed by atoms with van der Waals surface area (Å²) in [6, 6.07) is 5.26. The average Bonchev–Trinajstić information content (AvgIpc) is 2.63. The van der Waals surface area contributed by atoms with Crippen molar-refractivity contribution < 1.29 is 14.3 Å². The fraction of sp³-hybridized carbons (Fsp3) is 0.429. The van der Waals surface area contributed by atoms with Gasteiger partial charge in [0.15, 0.2) is 5.78 Å². The van der Waals surface area contributed by atoms with Crippen LogP contribution in [0, 0.1) is 0 Å². The summed E-state index contributed by atoms with van der Waals surface area (Å²) in [7, 11) is 0. The van der Waals surface area contributed by atoms with Gasteiger partial charge in [0.2, 0.25) is 0 Å². The highest BCUT2D eigenvalue weighted by molar-refractivity contribution is 6.00. The van der Waals surface area contributed by atoms with E-state index in [9.17, 15) is 9.59 Å². The molecular weight excluding hydrogens is 216 g/mol. The number of esters is 1. The largest absolute Gasteiger partial charge is 0.454 e. The summed E-state index contributed by atoms with van der Waals surface area (Å²) in [5, 5.41) is 0. The SMILES string of the molecule is CCCCC1OC(=O)c2cc(C(C)=O)ccc21. The smallest absolute Gasteiger partial charge is 0.339 e. The molecule has 1 atom stereocenters. The van der Waals surface area contributed by atoms with Gasteiger partial charge in [0, 0.05) is 11.1 Å². The molecule has 0 aliphatic carbocycles. The Labute approximate surface area is 101 Å². The van der Waals surface area contributed by atoms with Gasteiger partial charge in [0.05, 0.1) is 5.56 Å². The number of fused-ring (bicyclic) bond motifs is 1. The van der Waals surface area contributed by atoms with Gasteiger partial charge in [-0.1, -0.05) is 25.5 Å². The van der Waals surface area contributed by atoms with Gasteiger partial charge in [-0.15, -0.1) is 0 Å². The number of benzene rings is 1. The zero-order valence-corrected chi connectivity index (χ0v) is 10.2. The predicted octanol–water partition coefficient (Wildman–Crippen LogP) is 3.29. The van der Waals surface area contributed by atoms with E-state index in [1.165, 1.54) is 6.92 Å². The van der Waals surface area contributed by atoms with Gasteiger partial charge < -0.3 is 4.74 Å². The molecule has 2 rings (SSSR count). The van der Waals surface area contributed by atoms with Crippen LogP contribution in [0.3, 0.4) is 0 Å². The highest BCUT2D eigenvalue weighted by Gasteiger charge is 2.30. The Morgan fingerprint density at radius 2 is 2.18 bits per heavy atom. The minimum absolute atomic E-state index is 0.0300. The van der Waals surface area contributed by atoms with Crippen molar-refractivity contribution >= 4 is 11.8 Å². The number of carbonyl (C=O) groups excluding carboxylic acids is 2. The summed E-state index contributed by atoms with van der Waals surface area (Å²) in [4.78, 5) is 22.9. The van der Waals surface area contributed by atoms with E-state index in [1.54, 1.807) is 12.1 Å². The third kappa shape index (κ3) is 2.23. The molecule has 0 saturated carbocycles. The van der Waals surface area contributed by atoms with Crippen molar-refractivity contribution in [3.8, 4) is 0 Å². The molecule has 1 aliphatic heterocycles. The predicted molar refractivity (Wildman–Crippen MR) is 64.1 cm³/mol. The first-order valence-electron chi connectivity index (χ1n) is 5.99. The summed E-state index contributed by atoms with van der Waals surface area (Å²) < 4.78 is 5.32. The van der Waals surface area contributed by atoms with E-state index in [1.807, 2.05) is 6.07 Å². The number of unbranched alkanes of at least 4 members (excludes halogenated alkanes) is 1. The molecule has 90 valence electrons. The minimum Gasteiger partial charge on any atom is -0.454 e. The lowest BCUT2D eigenvalue weighted by Crippen LogP contribution is -1.98. The van der Waals surface area contributed by atoms with Crippen molar-refractivity contribution in [3.63, 3.8) is 0 Å². The number of rotatable bonds is 4. The summed E-state index contributed by atoms with van der Waals surface area (Å²) in [5.74, 6) is -0.332. The molecule has 0 fully saturated rings. The first-order valence-corrected chi connectivity index (χ1v) is 5.99. The van der Waals surface area contributed by atoms with E-state index in [0.29, 0.717) is 11.1 Å². The van der Waals surface area contributed by atoms with E-state index < -0.39 is 0 Å². The molecule has 1 unspecified atom stereocenters. The van der Waals surface area contributed by atoms with E-state index in [4.69, 9.17) is 4.74 Å². The highest BCUT2D eigenvalue weighted by Crippen LogP contribution is 2.34. The van der Waals surface area contributed by atoms with Crippen LogP contribution in [0.2, 0.25) is 0 Å². The Morgan fingerprint density at radius 1 is 1.41 bits per heavy atom. The minimum atomic E-state index is -0.302. The Morgan fingerprint density at radius 3 is 2.82 bits per heavy atom. The molecule has 0 bridgehead atoms. The van der Waals surface area contributed by atoms with Crippen molar-refractivity contribution in [2.24, 2.45) is 0 Å². The van der Waals surface area contributed by atoms with Crippen LogP contribution >= 0.6 is 0 Å². The summed E-state index contributed by atoms with van der Waals surface area (Å²) >= 11 is 0. The van der Waals surface area contributed by atoms with Crippen LogP contribution in [0.15, 0.2) is 18.2 Å². The molecule has 0 saturated heterocycles. The molecule has 3 heteroatoms. The molecule has 17 heavy (non-hydrogen) atoms. The molecule has 0 radical (unpaired) electrons. The maximum atomic E-state index is 11.7. The summed E-state index contributed by atoms with van der Waals surface area (Å²) in [6.45, 7) is 3.60. The number of hydrogen-bond donors (Lipinski definition) is 0. The third-order valence-electron chi connectivity index (χ3n) is 3.10. The quantitative estimate of drug-likeness (QED) is 0.591. The van der Waals surface area contributed by atoms with E-state index in [2.05, 4.69) is 6.92 Å². The van der Waals surface area contributed by atoms with Crippen LogP contribution in [0.4, 0.5) is 0 Å². The van der Waals surface area contributed by atoms with E-state index >= 15 is 0 Å². The highest BCUT2D eigenvalue weighted by atomic mass is 16.5. The van der Waals surface area contributed by atoms with Gasteiger partial charge in [-0.05, 0) is 25.8 Å². The van der Waals surface area contributed by atoms with Gasteiger partial charge in [-0.2, -0.15) is 0 Å². The van der Waals surface area contributed by atoms with Crippen LogP contribution < -0.4 is 0 Å². The summed E-state index contributed by atoms with van der Waals surface area (Å²) in [5.41, 5.74) is 2.05. The number of Topliss-reactive ketones (excluding diaryl/α,β-unsaturated/α-hetero) is 1. The van der Waals surface area contributed by atoms with Gasteiger partial charge in [0.25, 0.3) is 0 Å². The number of ketones is 1. The lowest BCUT2D eigenvalue weighted by Gasteiger charge is -2.09. The van der Waals surface area contributed by atoms with E-state index in [0.717, 1.165) is 24.8 Å². The molecule has 0 aromatic heterocycles. The lowest BCUT2D eigenvalue weighted by molar-refractivity contribution is 0.0364. The van der Waals surface area contributed by atoms with Crippen molar-refractivity contribution in [2.75, 3.05) is 0 Å². The fourth-order valence-corrected chi connectivity index (χ4v) is 2.09. The van der Waals surface area contributed by atoms with E-state index in [-0.39, 0.29) is 17.9 Å². The molecule has 0 spiro atoms. The van der Waals surface area contributed by atoms with Crippen molar-refractivity contribution in [1.29, 1.82) is 0 Å². The van der Waals surface area contributed by atoms with Gasteiger partial charge in [-0.3, -0.25) is 4.79 Å². The maximum Gasteiger partial charge on any atom is 0.339 e. The molecule has 1 heterocycles. The Balaban J connectivity index is 2.30. The standard InChI is InChI=1S/C14H16O3/c1-3-4-5-13-11-7-6-10(9(2)15)8-12(11)14(16)17-13/h6-8,13H,3-5H2,1-2H3. The van der Waals surface area contributed by atoms with Crippen LogP contribution in [-0.2, 0) is 4.74 Å². The van der Waals surface area contributed by atoms with Gasteiger partial charge in [-0.25, -0.2) is 4.79 Å². The fourth-order valence-electron chi connectivity index (χ4n) is 2.09. The molecule has 1 aromatic rings. The van der Waals surface area contributed by atoms with Crippen molar-refractivity contribution in [1.82, 2.24) is 0 Å². The number of cyclic esters (lactones) is 1. The lowest BCUT2D eigenvalue weighted by atomic mass is 9.98. The molecule has 1 aliphatic rings. The zero-order chi connectivity index (χ0) is 12.4. The Hall–Kier alpha value is -1.64. The first-order chi connectivity index (χ1) is 8.13. The number of carbonyl (C=O) groups is 2. The monoisotopic (exact) mass is 232 g/mol. The van der Waals surface area contributed by atoms with Gasteiger partial charge >= 0.3 is 5.97 Å². The third-order valence-corrected chi connectivity index (χ3v) is 3.10. The molecular formula is C14H16O3. The molecule has 0 amide bonds.